The van der Waals surface area contributed by atoms with Crippen LogP contribution in [0.4, 0.5) is 5.82 Å². The van der Waals surface area contributed by atoms with Gasteiger partial charge in [-0.3, -0.25) is 0 Å². The van der Waals surface area contributed by atoms with Crippen LogP contribution in [0.15, 0.2) is 0 Å². The number of aromatic nitrogens is 4. The zero-order valence-corrected chi connectivity index (χ0v) is 13.9. The molecule has 21 heavy (non-hydrogen) atoms. The maximum atomic E-state index is 4.74. The molecule has 0 saturated heterocycles. The van der Waals surface area contributed by atoms with Crippen LogP contribution in [0.2, 0.25) is 0 Å². The van der Waals surface area contributed by atoms with Gasteiger partial charge >= 0.3 is 0 Å². The third kappa shape index (κ3) is 2.91. The third-order valence-corrected chi connectivity index (χ3v) is 3.84. The quantitative estimate of drug-likeness (QED) is 0.917. The molecule has 0 spiro atoms. The minimum Gasteiger partial charge on any atom is -0.370 e. The van der Waals surface area contributed by atoms with Gasteiger partial charge in [0.1, 0.15) is 11.6 Å². The fourth-order valence-corrected chi connectivity index (χ4v) is 2.36. The highest BCUT2D eigenvalue weighted by atomic mass is 15.3. The molecule has 0 fully saturated rings. The zero-order chi connectivity index (χ0) is 15.6. The van der Waals surface area contributed by atoms with Gasteiger partial charge < -0.3 is 5.32 Å². The van der Waals surface area contributed by atoms with Crippen molar-refractivity contribution in [2.75, 3.05) is 11.9 Å². The van der Waals surface area contributed by atoms with E-state index in [1.54, 1.807) is 0 Å². The lowest BCUT2D eigenvalue weighted by Crippen LogP contribution is -2.13. The van der Waals surface area contributed by atoms with Crippen LogP contribution in [-0.2, 0) is 6.42 Å². The monoisotopic (exact) mass is 287 g/mol. The molecule has 2 aromatic rings. The van der Waals surface area contributed by atoms with Crippen LogP contribution in [0.1, 0.15) is 48.6 Å². The minimum absolute atomic E-state index is 0.846. The third-order valence-electron chi connectivity index (χ3n) is 3.84. The van der Waals surface area contributed by atoms with Crippen molar-refractivity contribution < 1.29 is 0 Å². The SMILES string of the molecule is CCCc1nc(NCC)c(C)c(-n2nc(C)c(C)c2C)n1. The highest BCUT2D eigenvalue weighted by Crippen LogP contribution is 2.22. The summed E-state index contributed by atoms with van der Waals surface area (Å²) in [6.45, 7) is 13.3. The van der Waals surface area contributed by atoms with Gasteiger partial charge in [-0.15, -0.1) is 0 Å². The fourth-order valence-electron chi connectivity index (χ4n) is 2.36. The number of anilines is 1. The Hall–Kier alpha value is -1.91. The molecular formula is C16H25N5. The molecule has 5 nitrogen and oxygen atoms in total. The second-order valence-corrected chi connectivity index (χ2v) is 5.43. The number of hydrogen-bond acceptors (Lipinski definition) is 4. The summed E-state index contributed by atoms with van der Waals surface area (Å²) >= 11 is 0. The van der Waals surface area contributed by atoms with E-state index in [1.165, 1.54) is 5.56 Å². The first kappa shape index (κ1) is 15.5. The van der Waals surface area contributed by atoms with Gasteiger partial charge in [-0.1, -0.05) is 6.92 Å². The molecule has 2 heterocycles. The Morgan fingerprint density at radius 3 is 2.24 bits per heavy atom. The molecule has 5 heteroatoms. The predicted molar refractivity (Wildman–Crippen MR) is 86.3 cm³/mol. The van der Waals surface area contributed by atoms with Crippen LogP contribution in [-0.4, -0.2) is 26.3 Å². The largest absolute Gasteiger partial charge is 0.370 e. The molecule has 0 amide bonds. The van der Waals surface area contributed by atoms with Crippen molar-refractivity contribution >= 4 is 5.82 Å². The molecule has 2 aromatic heterocycles. The van der Waals surface area contributed by atoms with E-state index in [-0.39, 0.29) is 0 Å². The number of rotatable bonds is 5. The second-order valence-electron chi connectivity index (χ2n) is 5.43. The standard InChI is InChI=1S/C16H25N5/c1-7-9-14-18-15(17-8-2)11(4)16(19-14)21-13(6)10(3)12(5)20-21/h7-9H2,1-6H3,(H,17,18,19). The number of nitrogens with zero attached hydrogens (tertiary/aromatic N) is 4. The molecule has 0 radical (unpaired) electrons. The summed E-state index contributed by atoms with van der Waals surface area (Å²) < 4.78 is 1.95. The normalized spacial score (nSPS) is 11.0. The zero-order valence-electron chi connectivity index (χ0n) is 13.9. The van der Waals surface area contributed by atoms with Crippen molar-refractivity contribution in [1.82, 2.24) is 19.7 Å². The van der Waals surface area contributed by atoms with Gasteiger partial charge in [-0.2, -0.15) is 5.10 Å². The van der Waals surface area contributed by atoms with Gasteiger partial charge in [0.25, 0.3) is 0 Å². The summed E-state index contributed by atoms with van der Waals surface area (Å²) in [4.78, 5) is 9.37. The van der Waals surface area contributed by atoms with Crippen molar-refractivity contribution in [2.24, 2.45) is 0 Å². The lowest BCUT2D eigenvalue weighted by atomic mass is 10.2. The number of aryl methyl sites for hydroxylation is 2. The lowest BCUT2D eigenvalue weighted by molar-refractivity contribution is 0.758. The molecule has 1 N–H and O–H groups in total. The van der Waals surface area contributed by atoms with Crippen LogP contribution in [0.25, 0.3) is 5.82 Å². The van der Waals surface area contributed by atoms with Crippen molar-refractivity contribution in [1.29, 1.82) is 0 Å². The van der Waals surface area contributed by atoms with Crippen LogP contribution in [0.5, 0.6) is 0 Å². The highest BCUT2D eigenvalue weighted by Gasteiger charge is 2.16. The second kappa shape index (κ2) is 6.24. The Labute approximate surface area is 126 Å². The van der Waals surface area contributed by atoms with E-state index in [1.807, 2.05) is 11.6 Å². The Morgan fingerprint density at radius 1 is 1.00 bits per heavy atom. The molecule has 0 atom stereocenters. The van der Waals surface area contributed by atoms with Crippen LogP contribution in [0, 0.1) is 27.7 Å². The van der Waals surface area contributed by atoms with Crippen molar-refractivity contribution in [3.05, 3.63) is 28.3 Å². The number of hydrogen-bond donors (Lipinski definition) is 1. The predicted octanol–water partition coefficient (Wildman–Crippen LogP) is 3.28. The molecule has 0 aliphatic heterocycles. The average molecular weight is 287 g/mol. The first-order valence-electron chi connectivity index (χ1n) is 7.64. The van der Waals surface area contributed by atoms with Crippen molar-refractivity contribution in [2.45, 2.75) is 54.4 Å². The van der Waals surface area contributed by atoms with Crippen molar-refractivity contribution in [3.63, 3.8) is 0 Å². The summed E-state index contributed by atoms with van der Waals surface area (Å²) in [6.07, 6.45) is 1.91. The van der Waals surface area contributed by atoms with Crippen molar-refractivity contribution in [3.8, 4) is 5.82 Å². The van der Waals surface area contributed by atoms with Gasteiger partial charge in [0, 0.05) is 24.2 Å². The Bertz CT molecular complexity index is 643. The topological polar surface area (TPSA) is 55.6 Å². The van der Waals surface area contributed by atoms with Crippen LogP contribution < -0.4 is 5.32 Å². The molecular weight excluding hydrogens is 262 g/mol. The summed E-state index contributed by atoms with van der Waals surface area (Å²) in [5.41, 5.74) is 4.45. The van der Waals surface area contributed by atoms with Gasteiger partial charge in [-0.25, -0.2) is 14.6 Å². The summed E-state index contributed by atoms with van der Waals surface area (Å²) in [5, 5.41) is 7.98. The number of nitrogens with one attached hydrogen (secondary N) is 1. The maximum Gasteiger partial charge on any atom is 0.162 e. The molecule has 0 saturated carbocycles. The minimum atomic E-state index is 0.846. The first-order chi connectivity index (χ1) is 9.99. The van der Waals surface area contributed by atoms with E-state index in [2.05, 4.69) is 50.0 Å². The molecule has 0 bridgehead atoms. The first-order valence-corrected chi connectivity index (χ1v) is 7.64. The molecule has 0 aliphatic carbocycles. The molecule has 0 unspecified atom stereocenters. The van der Waals surface area contributed by atoms with E-state index in [4.69, 9.17) is 4.98 Å². The summed E-state index contributed by atoms with van der Waals surface area (Å²) in [6, 6.07) is 0. The van der Waals surface area contributed by atoms with E-state index >= 15 is 0 Å². The smallest absolute Gasteiger partial charge is 0.162 e. The van der Waals surface area contributed by atoms with Crippen LogP contribution in [0.3, 0.4) is 0 Å². The van der Waals surface area contributed by atoms with Gasteiger partial charge in [-0.05, 0) is 46.6 Å². The highest BCUT2D eigenvalue weighted by molar-refractivity contribution is 5.52. The van der Waals surface area contributed by atoms with Gasteiger partial charge in [0.15, 0.2) is 5.82 Å². The van der Waals surface area contributed by atoms with E-state index in [9.17, 15) is 0 Å². The molecule has 0 aliphatic rings. The molecule has 0 aromatic carbocycles. The fraction of sp³-hybridized carbons (Fsp3) is 0.562. The summed E-state index contributed by atoms with van der Waals surface area (Å²) in [7, 11) is 0. The maximum absolute atomic E-state index is 4.74. The van der Waals surface area contributed by atoms with E-state index in [0.29, 0.717) is 0 Å². The van der Waals surface area contributed by atoms with E-state index in [0.717, 1.165) is 53.8 Å². The van der Waals surface area contributed by atoms with Gasteiger partial charge in [0.05, 0.1) is 5.69 Å². The van der Waals surface area contributed by atoms with Gasteiger partial charge in [0.2, 0.25) is 0 Å². The Morgan fingerprint density at radius 2 is 1.71 bits per heavy atom. The summed E-state index contributed by atoms with van der Waals surface area (Å²) in [5.74, 6) is 2.67. The average Bonchev–Trinajstić information content (AvgIpc) is 2.70. The molecule has 114 valence electrons. The Balaban J connectivity index is 2.62. The van der Waals surface area contributed by atoms with E-state index < -0.39 is 0 Å². The lowest BCUT2D eigenvalue weighted by Gasteiger charge is -2.14. The Kier molecular flexibility index (Phi) is 4.60. The van der Waals surface area contributed by atoms with Crippen LogP contribution >= 0.6 is 0 Å². The molecule has 2 rings (SSSR count).